The second-order valence-electron chi connectivity index (χ2n) is 8.61. The Hall–Kier alpha value is -3.23. The fourth-order valence-electron chi connectivity index (χ4n) is 4.77. The van der Waals surface area contributed by atoms with E-state index < -0.39 is 23.1 Å². The fourth-order valence-corrected chi connectivity index (χ4v) is 5.04. The number of halogens is 1. The van der Waals surface area contributed by atoms with Crippen molar-refractivity contribution in [2.75, 3.05) is 38.6 Å². The molecule has 1 atom stereocenters. The van der Waals surface area contributed by atoms with Crippen molar-refractivity contribution in [3.63, 3.8) is 0 Å². The van der Waals surface area contributed by atoms with Crippen LogP contribution in [0.25, 0.3) is 5.76 Å². The number of hydrogen-bond acceptors (Lipinski definition) is 5. The Balaban J connectivity index is 2.00. The Morgan fingerprint density at radius 3 is 2.44 bits per heavy atom. The number of aliphatic hydroxyl groups excluding tert-OH is 1. The molecule has 1 fully saturated rings. The highest BCUT2D eigenvalue weighted by Crippen LogP contribution is 2.53. The summed E-state index contributed by atoms with van der Waals surface area (Å²) in [6.07, 6.45) is 2.15. The molecule has 0 aromatic heterocycles. The van der Waals surface area contributed by atoms with Crippen molar-refractivity contribution in [2.45, 2.75) is 12.0 Å². The molecule has 34 heavy (non-hydrogen) atoms. The molecule has 0 radical (unpaired) electrons. The number of carbonyl (C=O) groups is 3. The third-order valence-electron chi connectivity index (χ3n) is 6.23. The average Bonchev–Trinajstić information content (AvgIpc) is 3.18. The van der Waals surface area contributed by atoms with Gasteiger partial charge in [-0.2, -0.15) is 0 Å². The summed E-state index contributed by atoms with van der Waals surface area (Å²) in [4.78, 5) is 45.8. The van der Waals surface area contributed by atoms with Gasteiger partial charge >= 0.3 is 0 Å². The number of anilines is 1. The zero-order valence-corrected chi connectivity index (χ0v) is 20.7. The van der Waals surface area contributed by atoms with Gasteiger partial charge in [0.15, 0.2) is 5.54 Å². The summed E-state index contributed by atoms with van der Waals surface area (Å²) < 4.78 is 0.794. The molecule has 7 nitrogen and oxygen atoms in total. The van der Waals surface area contributed by atoms with Crippen LogP contribution in [0, 0.1) is 0 Å². The predicted octanol–water partition coefficient (Wildman–Crippen LogP) is 3.51. The lowest BCUT2D eigenvalue weighted by molar-refractivity contribution is -0.143. The van der Waals surface area contributed by atoms with Crippen LogP contribution in [0.2, 0.25) is 0 Å². The summed E-state index contributed by atoms with van der Waals surface area (Å²) in [6.45, 7) is 4.82. The Bertz CT molecular complexity index is 1200. The number of para-hydroxylation sites is 1. The number of ketones is 1. The lowest BCUT2D eigenvalue weighted by atomic mass is 9.82. The van der Waals surface area contributed by atoms with Gasteiger partial charge in [0.2, 0.25) is 0 Å². The number of carbonyl (C=O) groups excluding carboxylic acids is 3. The van der Waals surface area contributed by atoms with Crippen LogP contribution in [-0.2, 0) is 19.9 Å². The van der Waals surface area contributed by atoms with Crippen LogP contribution >= 0.6 is 15.9 Å². The van der Waals surface area contributed by atoms with E-state index in [1.165, 1.54) is 9.80 Å². The van der Waals surface area contributed by atoms with Crippen molar-refractivity contribution in [1.29, 1.82) is 0 Å². The first-order chi connectivity index (χ1) is 16.2. The van der Waals surface area contributed by atoms with E-state index in [9.17, 15) is 19.5 Å². The van der Waals surface area contributed by atoms with Gasteiger partial charge in [-0.1, -0.05) is 52.3 Å². The van der Waals surface area contributed by atoms with Crippen molar-refractivity contribution in [3.05, 3.63) is 82.4 Å². The van der Waals surface area contributed by atoms with Gasteiger partial charge in [0.1, 0.15) is 5.76 Å². The third-order valence-corrected chi connectivity index (χ3v) is 6.75. The van der Waals surface area contributed by atoms with E-state index in [0.29, 0.717) is 29.8 Å². The minimum Gasteiger partial charge on any atom is -0.507 e. The van der Waals surface area contributed by atoms with E-state index in [4.69, 9.17) is 0 Å². The minimum atomic E-state index is -1.74. The number of rotatable bonds is 7. The first kappa shape index (κ1) is 23.9. The summed E-state index contributed by atoms with van der Waals surface area (Å²) in [5.41, 5.74) is -0.495. The second-order valence-corrected chi connectivity index (χ2v) is 9.52. The molecule has 2 aromatic rings. The number of likely N-dealkylation sites (tertiary alicyclic amines) is 1. The molecule has 8 heteroatoms. The lowest BCUT2D eigenvalue weighted by Gasteiger charge is -2.34. The molecule has 2 aromatic carbocycles. The highest BCUT2D eigenvalue weighted by molar-refractivity contribution is 9.10. The van der Waals surface area contributed by atoms with Crippen LogP contribution in [0.5, 0.6) is 0 Å². The first-order valence-electron chi connectivity index (χ1n) is 11.0. The SMILES string of the molecule is C=CCN1C(=O)[C@]2(C(=C(O)c3ccc(Br)cc3)C(=O)C(=O)N2CCCN(C)C)c2ccccc21. The van der Waals surface area contributed by atoms with Gasteiger partial charge in [0.25, 0.3) is 17.6 Å². The van der Waals surface area contributed by atoms with E-state index in [-0.39, 0.29) is 24.4 Å². The number of aliphatic hydroxyl groups is 1. The largest absolute Gasteiger partial charge is 0.507 e. The highest BCUT2D eigenvalue weighted by atomic mass is 79.9. The Kier molecular flexibility index (Phi) is 6.47. The van der Waals surface area contributed by atoms with E-state index in [2.05, 4.69) is 22.5 Å². The van der Waals surface area contributed by atoms with Crippen LogP contribution in [0.1, 0.15) is 17.5 Å². The monoisotopic (exact) mass is 523 g/mol. The van der Waals surface area contributed by atoms with Crippen LogP contribution < -0.4 is 4.90 Å². The minimum absolute atomic E-state index is 0.182. The molecule has 0 unspecified atom stereocenters. The van der Waals surface area contributed by atoms with E-state index in [1.807, 2.05) is 19.0 Å². The number of amides is 2. The fraction of sp³-hybridized carbons (Fsp3) is 0.269. The van der Waals surface area contributed by atoms with Gasteiger partial charge in [-0.15, -0.1) is 6.58 Å². The number of fused-ring (bicyclic) bond motifs is 2. The highest BCUT2D eigenvalue weighted by Gasteiger charge is 2.66. The van der Waals surface area contributed by atoms with Crippen molar-refractivity contribution in [2.24, 2.45) is 0 Å². The Labute approximate surface area is 207 Å². The van der Waals surface area contributed by atoms with Gasteiger partial charge in [-0.05, 0) is 45.3 Å². The second kappa shape index (κ2) is 9.19. The van der Waals surface area contributed by atoms with Crippen LogP contribution in [0.4, 0.5) is 5.69 Å². The molecule has 4 rings (SSSR count). The average molecular weight is 524 g/mol. The maximum absolute atomic E-state index is 14.1. The molecule has 2 amide bonds. The van der Waals surface area contributed by atoms with Gasteiger partial charge in [-0.3, -0.25) is 14.4 Å². The van der Waals surface area contributed by atoms with Crippen molar-refractivity contribution < 1.29 is 19.5 Å². The maximum Gasteiger partial charge on any atom is 0.296 e. The predicted molar refractivity (Wildman–Crippen MR) is 134 cm³/mol. The number of Topliss-reactive ketones (excluding diaryl/α,β-unsaturated/α-hetero) is 1. The summed E-state index contributed by atoms with van der Waals surface area (Å²) in [5.74, 6) is -2.48. The summed E-state index contributed by atoms with van der Waals surface area (Å²) in [5, 5.41) is 11.4. The Morgan fingerprint density at radius 2 is 1.79 bits per heavy atom. The molecule has 1 saturated heterocycles. The topological polar surface area (TPSA) is 81.2 Å². The molecule has 2 heterocycles. The van der Waals surface area contributed by atoms with E-state index in [1.54, 1.807) is 54.6 Å². The van der Waals surface area contributed by atoms with E-state index in [0.717, 1.165) is 4.47 Å². The van der Waals surface area contributed by atoms with Crippen LogP contribution in [0.3, 0.4) is 0 Å². The molecular formula is C26H26BrN3O4. The van der Waals surface area contributed by atoms with Gasteiger partial charge in [0, 0.05) is 28.7 Å². The molecule has 176 valence electrons. The molecule has 2 aliphatic rings. The molecule has 0 bridgehead atoms. The smallest absolute Gasteiger partial charge is 0.296 e. The Morgan fingerprint density at radius 1 is 1.12 bits per heavy atom. The summed E-state index contributed by atoms with van der Waals surface area (Å²) in [7, 11) is 3.83. The number of nitrogens with zero attached hydrogens (tertiary/aromatic N) is 3. The molecule has 1 spiro atoms. The van der Waals surface area contributed by atoms with E-state index >= 15 is 0 Å². The number of benzene rings is 2. The van der Waals surface area contributed by atoms with Crippen molar-refractivity contribution in [3.8, 4) is 0 Å². The quantitative estimate of drug-likeness (QED) is 0.260. The van der Waals surface area contributed by atoms with Gasteiger partial charge < -0.3 is 19.8 Å². The standard InChI is InChI=1S/C26H26BrN3O4/c1-4-14-29-20-9-6-5-8-19(20)26(25(29)34)21(22(31)17-10-12-18(27)13-11-17)23(32)24(33)30(26)16-7-15-28(2)3/h4-6,8-13,31H,1,7,14-16H2,2-3H3/t26-/m1/s1. The van der Waals surface area contributed by atoms with Crippen molar-refractivity contribution >= 4 is 45.0 Å². The number of hydrogen-bond donors (Lipinski definition) is 1. The normalized spacial score (nSPS) is 21.1. The molecule has 0 saturated carbocycles. The van der Waals surface area contributed by atoms with Crippen molar-refractivity contribution in [1.82, 2.24) is 9.80 Å². The molecule has 2 aliphatic heterocycles. The first-order valence-corrected chi connectivity index (χ1v) is 11.8. The molecular weight excluding hydrogens is 498 g/mol. The zero-order valence-electron chi connectivity index (χ0n) is 19.1. The zero-order chi connectivity index (χ0) is 24.6. The van der Waals surface area contributed by atoms with Crippen LogP contribution in [0.15, 0.2) is 71.2 Å². The summed E-state index contributed by atoms with van der Waals surface area (Å²) >= 11 is 3.36. The van der Waals surface area contributed by atoms with Gasteiger partial charge in [-0.25, -0.2) is 0 Å². The molecule has 1 N–H and O–H groups in total. The van der Waals surface area contributed by atoms with Crippen LogP contribution in [-0.4, -0.2) is 66.2 Å². The third kappa shape index (κ3) is 3.58. The molecule has 0 aliphatic carbocycles. The summed E-state index contributed by atoms with van der Waals surface area (Å²) in [6, 6.07) is 13.8. The maximum atomic E-state index is 14.1. The lowest BCUT2D eigenvalue weighted by Crippen LogP contribution is -2.52. The van der Waals surface area contributed by atoms with Gasteiger partial charge in [0.05, 0.1) is 11.3 Å².